The lowest BCUT2D eigenvalue weighted by Gasteiger charge is -2.14. The van der Waals surface area contributed by atoms with Gasteiger partial charge in [0.05, 0.1) is 5.69 Å². The maximum absolute atomic E-state index is 11.5. The van der Waals surface area contributed by atoms with Crippen molar-refractivity contribution in [3.8, 4) is 0 Å². The predicted octanol–water partition coefficient (Wildman–Crippen LogP) is 3.57. The summed E-state index contributed by atoms with van der Waals surface area (Å²) in [7, 11) is 0. The molecule has 2 aromatic rings. The van der Waals surface area contributed by atoms with Crippen molar-refractivity contribution >= 4 is 38.3 Å². The number of benzene rings is 1. The number of hydrogen-bond acceptors (Lipinski definition) is 4. The molecule has 21 heavy (non-hydrogen) atoms. The van der Waals surface area contributed by atoms with Crippen molar-refractivity contribution < 1.29 is 4.79 Å². The van der Waals surface area contributed by atoms with Gasteiger partial charge in [0.1, 0.15) is 0 Å². The molecule has 0 atom stereocenters. The Labute approximate surface area is 137 Å². The monoisotopic (exact) mass is 367 g/mol. The Bertz CT molecular complexity index is 614. The number of carbonyl (C=O) groups is 1. The largest absolute Gasteiger partial charge is 0.307 e. The summed E-state index contributed by atoms with van der Waals surface area (Å²) < 4.78 is 1.10. The van der Waals surface area contributed by atoms with Gasteiger partial charge in [-0.2, -0.15) is 0 Å². The standard InChI is InChI=1S/C15H18BrN3OS/c1-3-19(11(2)20)15-18-13(10-21-15)9-17-8-12-6-4-5-7-14(12)16/h4-7,10,17H,3,8-9H2,1-2H3. The second-order valence-electron chi connectivity index (χ2n) is 4.58. The minimum atomic E-state index is 0.0274. The van der Waals surface area contributed by atoms with E-state index in [4.69, 9.17) is 0 Å². The second-order valence-corrected chi connectivity index (χ2v) is 6.27. The van der Waals surface area contributed by atoms with Crippen molar-refractivity contribution in [1.29, 1.82) is 0 Å². The molecule has 1 aromatic heterocycles. The first-order valence-corrected chi connectivity index (χ1v) is 8.45. The van der Waals surface area contributed by atoms with Crippen LogP contribution in [-0.4, -0.2) is 17.4 Å². The van der Waals surface area contributed by atoms with Crippen LogP contribution in [-0.2, 0) is 17.9 Å². The smallest absolute Gasteiger partial charge is 0.225 e. The highest BCUT2D eigenvalue weighted by Crippen LogP contribution is 2.21. The maximum atomic E-state index is 11.5. The molecule has 112 valence electrons. The van der Waals surface area contributed by atoms with Gasteiger partial charge in [-0.1, -0.05) is 34.1 Å². The van der Waals surface area contributed by atoms with Crippen LogP contribution in [0.15, 0.2) is 34.1 Å². The second kappa shape index (κ2) is 7.68. The van der Waals surface area contributed by atoms with Gasteiger partial charge < -0.3 is 5.32 Å². The Morgan fingerprint density at radius 2 is 2.14 bits per heavy atom. The molecule has 0 spiro atoms. The summed E-state index contributed by atoms with van der Waals surface area (Å²) in [5.74, 6) is 0.0274. The minimum Gasteiger partial charge on any atom is -0.307 e. The number of rotatable bonds is 6. The van der Waals surface area contributed by atoms with Crippen LogP contribution < -0.4 is 10.2 Å². The highest BCUT2D eigenvalue weighted by molar-refractivity contribution is 9.10. The van der Waals surface area contributed by atoms with Crippen LogP contribution in [0.5, 0.6) is 0 Å². The van der Waals surface area contributed by atoms with Gasteiger partial charge in [-0.15, -0.1) is 11.3 Å². The summed E-state index contributed by atoms with van der Waals surface area (Å²) >= 11 is 5.04. The van der Waals surface area contributed by atoms with E-state index in [1.807, 2.05) is 30.5 Å². The summed E-state index contributed by atoms with van der Waals surface area (Å²) in [6.07, 6.45) is 0. The number of carbonyl (C=O) groups excluding carboxylic acids is 1. The molecule has 1 aromatic carbocycles. The predicted molar refractivity (Wildman–Crippen MR) is 90.5 cm³/mol. The zero-order valence-corrected chi connectivity index (χ0v) is 14.5. The Balaban J connectivity index is 1.91. The van der Waals surface area contributed by atoms with Crippen molar-refractivity contribution in [2.75, 3.05) is 11.4 Å². The van der Waals surface area contributed by atoms with E-state index < -0.39 is 0 Å². The number of hydrogen-bond donors (Lipinski definition) is 1. The Hall–Kier alpha value is -1.24. The van der Waals surface area contributed by atoms with Gasteiger partial charge in [0.15, 0.2) is 5.13 Å². The third-order valence-corrected chi connectivity index (χ3v) is 4.73. The SMILES string of the molecule is CCN(C(C)=O)c1nc(CNCc2ccccc2Br)cs1. The number of amides is 1. The highest BCUT2D eigenvalue weighted by atomic mass is 79.9. The number of nitrogens with zero attached hydrogens (tertiary/aromatic N) is 2. The van der Waals surface area contributed by atoms with E-state index in [1.165, 1.54) is 16.9 Å². The number of anilines is 1. The molecule has 0 unspecified atom stereocenters. The molecule has 6 heteroatoms. The average Bonchev–Trinajstić information content (AvgIpc) is 2.90. The minimum absolute atomic E-state index is 0.0274. The van der Waals surface area contributed by atoms with E-state index in [9.17, 15) is 4.79 Å². The molecule has 0 bridgehead atoms. The van der Waals surface area contributed by atoms with Gasteiger partial charge in [-0.25, -0.2) is 4.98 Å². The van der Waals surface area contributed by atoms with Gasteiger partial charge in [-0.3, -0.25) is 9.69 Å². The topological polar surface area (TPSA) is 45.2 Å². The van der Waals surface area contributed by atoms with Crippen LogP contribution in [0.2, 0.25) is 0 Å². The van der Waals surface area contributed by atoms with Gasteiger partial charge in [0.25, 0.3) is 0 Å². The van der Waals surface area contributed by atoms with Crippen LogP contribution in [0, 0.1) is 0 Å². The Morgan fingerprint density at radius 3 is 2.81 bits per heavy atom. The normalized spacial score (nSPS) is 10.6. The van der Waals surface area contributed by atoms with Crippen LogP contribution in [0.25, 0.3) is 0 Å². The molecule has 0 saturated heterocycles. The zero-order chi connectivity index (χ0) is 15.2. The Morgan fingerprint density at radius 1 is 1.38 bits per heavy atom. The van der Waals surface area contributed by atoms with Gasteiger partial charge in [0.2, 0.25) is 5.91 Å². The number of aromatic nitrogens is 1. The fraction of sp³-hybridized carbons (Fsp3) is 0.333. The van der Waals surface area contributed by atoms with Crippen LogP contribution in [0.3, 0.4) is 0 Å². The molecule has 1 heterocycles. The molecular formula is C15H18BrN3OS. The first-order chi connectivity index (χ1) is 10.1. The summed E-state index contributed by atoms with van der Waals surface area (Å²) in [4.78, 5) is 17.7. The summed E-state index contributed by atoms with van der Waals surface area (Å²) in [6.45, 7) is 5.63. The molecule has 1 N–H and O–H groups in total. The molecule has 0 radical (unpaired) electrons. The van der Waals surface area contributed by atoms with E-state index in [-0.39, 0.29) is 5.91 Å². The van der Waals surface area contributed by atoms with Crippen molar-refractivity contribution in [1.82, 2.24) is 10.3 Å². The number of nitrogens with one attached hydrogen (secondary N) is 1. The van der Waals surface area contributed by atoms with E-state index >= 15 is 0 Å². The molecular weight excluding hydrogens is 350 g/mol. The molecule has 2 rings (SSSR count). The van der Waals surface area contributed by atoms with Crippen LogP contribution >= 0.6 is 27.3 Å². The molecule has 0 fully saturated rings. The molecule has 1 amide bonds. The fourth-order valence-electron chi connectivity index (χ4n) is 1.96. The average molecular weight is 368 g/mol. The van der Waals surface area contributed by atoms with Gasteiger partial charge in [0, 0.05) is 36.4 Å². The first kappa shape index (κ1) is 16.1. The van der Waals surface area contributed by atoms with Crippen molar-refractivity contribution in [3.05, 3.63) is 45.4 Å². The van der Waals surface area contributed by atoms with Gasteiger partial charge in [-0.05, 0) is 18.6 Å². The fourth-order valence-corrected chi connectivity index (χ4v) is 3.32. The first-order valence-electron chi connectivity index (χ1n) is 6.78. The summed E-state index contributed by atoms with van der Waals surface area (Å²) in [6, 6.07) is 8.14. The Kier molecular flexibility index (Phi) is 5.90. The highest BCUT2D eigenvalue weighted by Gasteiger charge is 2.13. The van der Waals surface area contributed by atoms with E-state index in [0.29, 0.717) is 13.1 Å². The van der Waals surface area contributed by atoms with Crippen molar-refractivity contribution in [3.63, 3.8) is 0 Å². The molecule has 0 aliphatic rings. The number of thiazole rings is 1. The lowest BCUT2D eigenvalue weighted by molar-refractivity contribution is -0.116. The molecule has 0 aliphatic carbocycles. The van der Waals surface area contributed by atoms with E-state index in [2.05, 4.69) is 32.3 Å². The van der Waals surface area contributed by atoms with E-state index in [0.717, 1.165) is 21.8 Å². The maximum Gasteiger partial charge on any atom is 0.225 e. The lowest BCUT2D eigenvalue weighted by atomic mass is 10.2. The van der Waals surface area contributed by atoms with Gasteiger partial charge >= 0.3 is 0 Å². The van der Waals surface area contributed by atoms with Crippen LogP contribution in [0.4, 0.5) is 5.13 Å². The molecule has 0 saturated carbocycles. The molecule has 0 aliphatic heterocycles. The van der Waals surface area contributed by atoms with Crippen molar-refractivity contribution in [2.24, 2.45) is 0 Å². The molecule has 4 nitrogen and oxygen atoms in total. The summed E-state index contributed by atoms with van der Waals surface area (Å²) in [5, 5.41) is 6.13. The number of halogens is 1. The summed E-state index contributed by atoms with van der Waals surface area (Å²) in [5.41, 5.74) is 2.17. The van der Waals surface area contributed by atoms with E-state index in [1.54, 1.807) is 11.8 Å². The van der Waals surface area contributed by atoms with Crippen LogP contribution in [0.1, 0.15) is 25.1 Å². The quantitative estimate of drug-likeness (QED) is 0.848. The van der Waals surface area contributed by atoms with Crippen molar-refractivity contribution in [2.45, 2.75) is 26.9 Å². The third kappa shape index (κ3) is 4.36. The lowest BCUT2D eigenvalue weighted by Crippen LogP contribution is -2.27. The third-order valence-electron chi connectivity index (χ3n) is 3.05. The zero-order valence-electron chi connectivity index (χ0n) is 12.1.